The first-order valence-electron chi connectivity index (χ1n) is 11.5. The number of nitrogens with zero attached hydrogens (tertiary/aromatic N) is 7. The quantitative estimate of drug-likeness (QED) is 0.292. The van der Waals surface area contributed by atoms with Gasteiger partial charge >= 0.3 is 0 Å². The highest BCUT2D eigenvalue weighted by Crippen LogP contribution is 2.28. The molecule has 0 aliphatic heterocycles. The highest BCUT2D eigenvalue weighted by atomic mass is 16.3. The second-order valence-corrected chi connectivity index (χ2v) is 8.78. The number of aryl methyl sites for hydroxylation is 2. The van der Waals surface area contributed by atoms with Crippen molar-refractivity contribution in [3.63, 3.8) is 0 Å². The summed E-state index contributed by atoms with van der Waals surface area (Å²) in [4.78, 5) is 8.49. The number of pyridine rings is 2. The molecule has 0 saturated heterocycles. The van der Waals surface area contributed by atoms with E-state index < -0.39 is 6.10 Å². The minimum absolute atomic E-state index is 0.308. The van der Waals surface area contributed by atoms with Gasteiger partial charge in [0.15, 0.2) is 11.5 Å². The molecule has 0 radical (unpaired) electrons. The van der Waals surface area contributed by atoms with Crippen LogP contribution in [0, 0.1) is 25.2 Å². The topological polar surface area (TPSA) is 104 Å². The van der Waals surface area contributed by atoms with Gasteiger partial charge in [-0.2, -0.15) is 15.5 Å². The van der Waals surface area contributed by atoms with Crippen LogP contribution in [0.1, 0.15) is 56.3 Å². The first-order valence-corrected chi connectivity index (χ1v) is 11.5. The van der Waals surface area contributed by atoms with Gasteiger partial charge in [-0.3, -0.25) is 4.99 Å². The van der Waals surface area contributed by atoms with Crippen molar-refractivity contribution in [1.82, 2.24) is 24.4 Å². The van der Waals surface area contributed by atoms with Gasteiger partial charge in [0.1, 0.15) is 6.07 Å². The Balaban J connectivity index is 0.000000345. The van der Waals surface area contributed by atoms with Crippen LogP contribution in [-0.2, 0) is 0 Å². The molecule has 8 nitrogen and oxygen atoms in total. The average Bonchev–Trinajstić information content (AvgIpc) is 3.45. The normalized spacial score (nSPS) is 11.9. The van der Waals surface area contributed by atoms with E-state index in [9.17, 15) is 5.11 Å². The van der Waals surface area contributed by atoms with Crippen molar-refractivity contribution in [2.24, 2.45) is 4.99 Å². The van der Waals surface area contributed by atoms with E-state index in [1.807, 2.05) is 87.8 Å². The smallest absolute Gasteiger partial charge is 0.163 e. The number of hydrogen-bond acceptors (Lipinski definition) is 6. The molecule has 4 aromatic heterocycles. The lowest BCUT2D eigenvalue weighted by atomic mass is 10.1. The van der Waals surface area contributed by atoms with E-state index in [2.05, 4.69) is 21.9 Å². The van der Waals surface area contributed by atoms with Crippen LogP contribution in [0.15, 0.2) is 71.1 Å². The van der Waals surface area contributed by atoms with Crippen LogP contribution in [0.4, 0.5) is 0 Å². The number of aliphatic imine (C=N–C) groups is 1. The van der Waals surface area contributed by atoms with Crippen molar-refractivity contribution in [3.8, 4) is 23.1 Å². The highest BCUT2D eigenvalue weighted by Gasteiger charge is 2.18. The molecule has 184 valence electrons. The van der Waals surface area contributed by atoms with Crippen LogP contribution >= 0.6 is 0 Å². The van der Waals surface area contributed by atoms with E-state index in [1.165, 1.54) is 5.57 Å². The van der Waals surface area contributed by atoms with Gasteiger partial charge in [-0.05, 0) is 78.1 Å². The maximum absolute atomic E-state index is 10.2. The summed E-state index contributed by atoms with van der Waals surface area (Å²) in [6.07, 6.45) is 6.98. The SMILES string of the molecule is C=N/C(C)=C\C=C(C)C.Cc1ccc2c(-c3ccc(C(C)O)c(-n4nc(C#N)cc4C)n3)cnn2c1. The van der Waals surface area contributed by atoms with Crippen LogP contribution in [0.2, 0.25) is 0 Å². The molecular weight excluding hydrogens is 450 g/mol. The Kier molecular flexibility index (Phi) is 8.30. The molecule has 0 amide bonds. The third kappa shape index (κ3) is 6.01. The van der Waals surface area contributed by atoms with E-state index in [0.29, 0.717) is 17.1 Å². The van der Waals surface area contributed by atoms with E-state index in [0.717, 1.165) is 33.7 Å². The minimum atomic E-state index is -0.720. The molecule has 0 spiro atoms. The number of allylic oxidation sites excluding steroid dienone is 4. The minimum Gasteiger partial charge on any atom is -0.389 e. The summed E-state index contributed by atoms with van der Waals surface area (Å²) in [7, 11) is 0. The van der Waals surface area contributed by atoms with Crippen molar-refractivity contribution in [2.75, 3.05) is 0 Å². The van der Waals surface area contributed by atoms with Gasteiger partial charge in [0.2, 0.25) is 0 Å². The number of aliphatic hydroxyl groups is 1. The van der Waals surface area contributed by atoms with E-state index in [1.54, 1.807) is 23.9 Å². The summed E-state index contributed by atoms with van der Waals surface area (Å²) in [6.45, 7) is 15.0. The molecule has 0 aliphatic carbocycles. The zero-order valence-corrected chi connectivity index (χ0v) is 21.6. The van der Waals surface area contributed by atoms with Gasteiger partial charge < -0.3 is 5.11 Å². The molecule has 36 heavy (non-hydrogen) atoms. The molecule has 0 bridgehead atoms. The number of aromatic nitrogens is 5. The van der Waals surface area contributed by atoms with E-state index in [-0.39, 0.29) is 0 Å². The largest absolute Gasteiger partial charge is 0.389 e. The molecular formula is C28H31N7O. The molecule has 1 unspecified atom stereocenters. The molecule has 0 aromatic carbocycles. The van der Waals surface area contributed by atoms with Crippen LogP contribution in [0.3, 0.4) is 0 Å². The maximum atomic E-state index is 10.2. The molecule has 4 aromatic rings. The van der Waals surface area contributed by atoms with E-state index >= 15 is 0 Å². The zero-order chi connectivity index (χ0) is 26.4. The van der Waals surface area contributed by atoms with Crippen LogP contribution < -0.4 is 0 Å². The Morgan fingerprint density at radius 1 is 1.17 bits per heavy atom. The Labute approximate surface area is 211 Å². The van der Waals surface area contributed by atoms with Crippen LogP contribution in [-0.4, -0.2) is 36.2 Å². The van der Waals surface area contributed by atoms with Gasteiger partial charge in [-0.15, -0.1) is 0 Å². The number of nitriles is 1. The summed E-state index contributed by atoms with van der Waals surface area (Å²) >= 11 is 0. The zero-order valence-electron chi connectivity index (χ0n) is 21.6. The van der Waals surface area contributed by atoms with Gasteiger partial charge in [-0.1, -0.05) is 23.8 Å². The number of rotatable bonds is 5. The highest BCUT2D eigenvalue weighted by molar-refractivity contribution is 5.78. The molecule has 1 N–H and O–H groups in total. The fraction of sp³-hybridized carbons (Fsp3) is 0.250. The molecule has 4 rings (SSSR count). The summed E-state index contributed by atoms with van der Waals surface area (Å²) in [5.41, 5.74) is 7.62. The number of fused-ring (bicyclic) bond motifs is 1. The molecule has 1 atom stereocenters. The van der Waals surface area contributed by atoms with Crippen LogP contribution in [0.5, 0.6) is 0 Å². The predicted molar refractivity (Wildman–Crippen MR) is 143 cm³/mol. The summed E-state index contributed by atoms with van der Waals surface area (Å²) in [6, 6.07) is 11.5. The van der Waals surface area contributed by atoms with Crippen LogP contribution in [0.25, 0.3) is 22.6 Å². The van der Waals surface area contributed by atoms with Crippen molar-refractivity contribution >= 4 is 12.2 Å². The lowest BCUT2D eigenvalue weighted by Gasteiger charge is -2.14. The van der Waals surface area contributed by atoms with Crippen molar-refractivity contribution in [3.05, 3.63) is 88.7 Å². The molecule has 8 heteroatoms. The average molecular weight is 482 g/mol. The Bertz CT molecular complexity index is 1490. The van der Waals surface area contributed by atoms with Gasteiger partial charge in [0, 0.05) is 28.7 Å². The number of hydrogen-bond donors (Lipinski definition) is 1. The Morgan fingerprint density at radius 2 is 1.92 bits per heavy atom. The summed E-state index contributed by atoms with van der Waals surface area (Å²) in [5.74, 6) is 0.507. The second-order valence-electron chi connectivity index (χ2n) is 8.78. The lowest BCUT2D eigenvalue weighted by molar-refractivity contribution is 0.198. The van der Waals surface area contributed by atoms with Gasteiger partial charge in [0.25, 0.3) is 0 Å². The third-order valence-corrected chi connectivity index (χ3v) is 5.41. The summed E-state index contributed by atoms with van der Waals surface area (Å²) in [5, 5.41) is 28.0. The fourth-order valence-electron chi connectivity index (χ4n) is 3.47. The van der Waals surface area contributed by atoms with Gasteiger partial charge in [-0.25, -0.2) is 14.2 Å². The maximum Gasteiger partial charge on any atom is 0.163 e. The van der Waals surface area contributed by atoms with Crippen molar-refractivity contribution < 1.29 is 5.11 Å². The fourth-order valence-corrected chi connectivity index (χ4v) is 3.47. The van der Waals surface area contributed by atoms with Crippen molar-refractivity contribution in [1.29, 1.82) is 5.26 Å². The molecule has 0 aliphatic rings. The first-order chi connectivity index (χ1) is 17.1. The standard InChI is InChI=1S/C20H18N6O.C8H13N/c1-12-4-7-19-17(10-22-25(19)11-12)18-6-5-16(14(3)27)20(23-18)26-13(2)8-15(9-21)24-26;1-7(2)5-6-8(3)9-4/h4-8,10-11,14,27H,1-3H3;5-6H,4H2,1-3H3/b;8-6-. The monoisotopic (exact) mass is 481 g/mol. The third-order valence-electron chi connectivity index (χ3n) is 5.41. The first kappa shape index (κ1) is 26.3. The lowest BCUT2D eigenvalue weighted by Crippen LogP contribution is -2.09. The van der Waals surface area contributed by atoms with E-state index in [4.69, 9.17) is 10.2 Å². The Morgan fingerprint density at radius 3 is 2.53 bits per heavy atom. The van der Waals surface area contributed by atoms with Crippen molar-refractivity contribution in [2.45, 2.75) is 47.6 Å². The molecule has 4 heterocycles. The predicted octanol–water partition coefficient (Wildman–Crippen LogP) is 5.68. The summed E-state index contributed by atoms with van der Waals surface area (Å²) < 4.78 is 3.42. The van der Waals surface area contributed by atoms with Gasteiger partial charge in [0.05, 0.1) is 23.5 Å². The molecule has 0 fully saturated rings. The number of aliphatic hydroxyl groups excluding tert-OH is 1. The molecule has 0 saturated carbocycles. The Hall–Kier alpha value is -4.35. The second kappa shape index (κ2) is 11.4.